The maximum Gasteiger partial charge on any atom is 0.138 e. The van der Waals surface area contributed by atoms with Gasteiger partial charge in [-0.3, -0.25) is 4.79 Å². The predicted octanol–water partition coefficient (Wildman–Crippen LogP) is 3.10. The van der Waals surface area contributed by atoms with E-state index in [0.717, 1.165) is 24.1 Å². The van der Waals surface area contributed by atoms with Crippen LogP contribution >= 0.6 is 0 Å². The Labute approximate surface area is 134 Å². The quantitative estimate of drug-likeness (QED) is 0.947. The Bertz CT molecular complexity index is 747. The van der Waals surface area contributed by atoms with Crippen LogP contribution in [0.15, 0.2) is 30.7 Å². The second-order valence-electron chi connectivity index (χ2n) is 6.58. The summed E-state index contributed by atoms with van der Waals surface area (Å²) in [6, 6.07) is 4.72. The smallest absolute Gasteiger partial charge is 0.138 e. The number of rotatable bonds is 3. The molecule has 0 bridgehead atoms. The number of aliphatic hydroxyl groups is 1. The molecule has 1 aromatic carbocycles. The van der Waals surface area contributed by atoms with Gasteiger partial charge in [0.25, 0.3) is 0 Å². The second kappa shape index (κ2) is 5.57. The molecule has 2 aliphatic rings. The number of hydrogen-bond donors (Lipinski definition) is 1. The van der Waals surface area contributed by atoms with Crippen molar-refractivity contribution in [3.63, 3.8) is 0 Å². The van der Waals surface area contributed by atoms with Crippen molar-refractivity contribution < 1.29 is 14.3 Å². The third-order valence-corrected chi connectivity index (χ3v) is 5.21. The first-order chi connectivity index (χ1) is 11.1. The van der Waals surface area contributed by atoms with Crippen molar-refractivity contribution in [3.05, 3.63) is 42.1 Å². The van der Waals surface area contributed by atoms with Crippen LogP contribution in [0.5, 0.6) is 0 Å². The summed E-state index contributed by atoms with van der Waals surface area (Å²) in [4.78, 5) is 16.8. The molecule has 1 N–H and O–H groups in total. The van der Waals surface area contributed by atoms with E-state index in [1.54, 1.807) is 18.6 Å². The molecule has 5 heteroatoms. The van der Waals surface area contributed by atoms with Gasteiger partial charge in [-0.2, -0.15) is 0 Å². The maximum atomic E-state index is 14.3. The van der Waals surface area contributed by atoms with E-state index in [1.165, 1.54) is 6.07 Å². The molecule has 1 unspecified atom stereocenters. The van der Waals surface area contributed by atoms with E-state index in [-0.39, 0.29) is 36.1 Å². The van der Waals surface area contributed by atoms with Gasteiger partial charge in [0, 0.05) is 23.5 Å². The van der Waals surface area contributed by atoms with Crippen LogP contribution in [0.4, 0.5) is 4.39 Å². The molecule has 1 aliphatic carbocycles. The van der Waals surface area contributed by atoms with Crippen LogP contribution in [0.2, 0.25) is 0 Å². The Balaban J connectivity index is 1.61. The van der Waals surface area contributed by atoms with Gasteiger partial charge in [0.1, 0.15) is 11.6 Å². The number of ketones is 1. The number of halogens is 1. The van der Waals surface area contributed by atoms with Gasteiger partial charge in [-0.1, -0.05) is 12.1 Å². The molecule has 4 rings (SSSR count). The second-order valence-corrected chi connectivity index (χ2v) is 6.58. The molecule has 120 valence electrons. The Morgan fingerprint density at radius 1 is 1.30 bits per heavy atom. The molecular weight excluding hydrogens is 295 g/mol. The van der Waals surface area contributed by atoms with E-state index in [9.17, 15) is 14.3 Å². The summed E-state index contributed by atoms with van der Waals surface area (Å²) in [6.07, 6.45) is 6.24. The zero-order valence-corrected chi connectivity index (χ0v) is 12.8. The van der Waals surface area contributed by atoms with Crippen molar-refractivity contribution >= 4 is 5.78 Å². The van der Waals surface area contributed by atoms with Crippen molar-refractivity contribution in [2.45, 2.75) is 44.2 Å². The minimum atomic E-state index is -0.303. The van der Waals surface area contributed by atoms with Gasteiger partial charge < -0.3 is 9.67 Å². The molecular formula is C18H19FN2O2. The SMILES string of the molecule is O=C(CC1c2c(F)cccc2-c2cncn21)[C@H]1CC[C@H](O)CC1. The van der Waals surface area contributed by atoms with Crippen LogP contribution in [-0.4, -0.2) is 26.5 Å². The highest BCUT2D eigenvalue weighted by atomic mass is 19.1. The Morgan fingerprint density at radius 3 is 2.87 bits per heavy atom. The summed E-state index contributed by atoms with van der Waals surface area (Å²) >= 11 is 0. The Morgan fingerprint density at radius 2 is 2.09 bits per heavy atom. The summed E-state index contributed by atoms with van der Waals surface area (Å²) in [7, 11) is 0. The maximum absolute atomic E-state index is 14.3. The van der Waals surface area contributed by atoms with Gasteiger partial charge >= 0.3 is 0 Å². The number of Topliss-reactive ketones (excluding diaryl/α,β-unsaturated/α-hetero) is 1. The zero-order valence-electron chi connectivity index (χ0n) is 12.8. The lowest BCUT2D eigenvalue weighted by Gasteiger charge is -2.25. The minimum absolute atomic E-state index is 0.0128. The summed E-state index contributed by atoms with van der Waals surface area (Å²) in [5, 5.41) is 9.59. The van der Waals surface area contributed by atoms with Gasteiger partial charge in [0.05, 0.1) is 30.4 Å². The van der Waals surface area contributed by atoms with Crippen LogP contribution < -0.4 is 0 Å². The largest absolute Gasteiger partial charge is 0.393 e. The van der Waals surface area contributed by atoms with E-state index >= 15 is 0 Å². The molecule has 1 aliphatic heterocycles. The highest BCUT2D eigenvalue weighted by molar-refractivity contribution is 5.83. The number of aliphatic hydroxyl groups excluding tert-OH is 1. The third kappa shape index (κ3) is 2.39. The fourth-order valence-electron chi connectivity index (χ4n) is 3.96. The van der Waals surface area contributed by atoms with Gasteiger partial charge in [-0.05, 0) is 31.7 Å². The highest BCUT2D eigenvalue weighted by Crippen LogP contribution is 2.43. The van der Waals surface area contributed by atoms with Crippen molar-refractivity contribution in [1.29, 1.82) is 0 Å². The van der Waals surface area contributed by atoms with E-state index in [1.807, 2.05) is 10.6 Å². The number of hydrogen-bond acceptors (Lipinski definition) is 3. The van der Waals surface area contributed by atoms with Gasteiger partial charge in [0.15, 0.2) is 0 Å². The number of nitrogens with zero attached hydrogens (tertiary/aromatic N) is 2. The molecule has 0 saturated heterocycles. The van der Waals surface area contributed by atoms with Gasteiger partial charge in [-0.25, -0.2) is 9.37 Å². The molecule has 1 fully saturated rings. The van der Waals surface area contributed by atoms with Crippen LogP contribution in [0, 0.1) is 11.7 Å². The molecule has 0 amide bonds. The van der Waals surface area contributed by atoms with Crippen LogP contribution in [0.25, 0.3) is 11.3 Å². The molecule has 1 saturated carbocycles. The van der Waals surface area contributed by atoms with E-state index < -0.39 is 0 Å². The number of aromatic nitrogens is 2. The molecule has 4 nitrogen and oxygen atoms in total. The molecule has 1 aromatic heterocycles. The molecule has 1 atom stereocenters. The van der Waals surface area contributed by atoms with Crippen LogP contribution in [-0.2, 0) is 4.79 Å². The Kier molecular flexibility index (Phi) is 3.53. The monoisotopic (exact) mass is 314 g/mol. The summed E-state index contributed by atoms with van der Waals surface area (Å²) in [5.74, 6) is -0.109. The van der Waals surface area contributed by atoms with Gasteiger partial charge in [-0.15, -0.1) is 0 Å². The summed E-state index contributed by atoms with van der Waals surface area (Å²) in [5.41, 5.74) is 2.31. The van der Waals surface area contributed by atoms with E-state index in [0.29, 0.717) is 18.4 Å². The normalized spacial score (nSPS) is 25.9. The number of imidazole rings is 1. The highest BCUT2D eigenvalue weighted by Gasteiger charge is 2.35. The van der Waals surface area contributed by atoms with Crippen molar-refractivity contribution in [1.82, 2.24) is 9.55 Å². The molecule has 2 heterocycles. The lowest BCUT2D eigenvalue weighted by molar-refractivity contribution is -0.124. The minimum Gasteiger partial charge on any atom is -0.393 e. The summed E-state index contributed by atoms with van der Waals surface area (Å²) < 4.78 is 16.3. The lowest BCUT2D eigenvalue weighted by atomic mass is 9.82. The standard InChI is InChI=1S/C18H19FN2O2/c19-14-3-1-2-13-16-9-20-10-21(16)15(18(13)14)8-17(23)11-4-6-12(22)7-5-11/h1-3,9-12,15,22H,4-8H2/t11-,12-,15?. The molecule has 0 radical (unpaired) electrons. The van der Waals surface area contributed by atoms with Crippen molar-refractivity contribution in [2.24, 2.45) is 5.92 Å². The fourth-order valence-corrected chi connectivity index (χ4v) is 3.96. The first-order valence-electron chi connectivity index (χ1n) is 8.16. The number of benzene rings is 1. The molecule has 0 spiro atoms. The van der Waals surface area contributed by atoms with Crippen LogP contribution in [0.1, 0.15) is 43.7 Å². The van der Waals surface area contributed by atoms with E-state index in [2.05, 4.69) is 4.98 Å². The average molecular weight is 314 g/mol. The number of carbonyl (C=O) groups is 1. The number of carbonyl (C=O) groups excluding carboxylic acids is 1. The van der Waals surface area contributed by atoms with Crippen molar-refractivity contribution in [3.8, 4) is 11.3 Å². The third-order valence-electron chi connectivity index (χ3n) is 5.21. The first kappa shape index (κ1) is 14.6. The first-order valence-corrected chi connectivity index (χ1v) is 8.16. The summed E-state index contributed by atoms with van der Waals surface area (Å²) in [6.45, 7) is 0. The molecule has 23 heavy (non-hydrogen) atoms. The fraction of sp³-hybridized carbons (Fsp3) is 0.444. The predicted molar refractivity (Wildman–Crippen MR) is 83.3 cm³/mol. The van der Waals surface area contributed by atoms with Crippen molar-refractivity contribution in [2.75, 3.05) is 0 Å². The average Bonchev–Trinajstić information content (AvgIpc) is 3.12. The molecule has 2 aromatic rings. The topological polar surface area (TPSA) is 55.1 Å². The Hall–Kier alpha value is -2.01. The lowest BCUT2D eigenvalue weighted by Crippen LogP contribution is -2.26. The zero-order chi connectivity index (χ0) is 16.0. The van der Waals surface area contributed by atoms with Crippen LogP contribution in [0.3, 0.4) is 0 Å². The van der Waals surface area contributed by atoms with Gasteiger partial charge in [0.2, 0.25) is 0 Å². The number of fused-ring (bicyclic) bond motifs is 3. The van der Waals surface area contributed by atoms with E-state index in [4.69, 9.17) is 0 Å².